The summed E-state index contributed by atoms with van der Waals surface area (Å²) in [5.74, 6) is -0.802. The van der Waals surface area contributed by atoms with Gasteiger partial charge in [0.05, 0.1) is 0 Å². The summed E-state index contributed by atoms with van der Waals surface area (Å²) in [4.78, 5) is 0. The molecule has 0 fully saturated rings. The molecule has 0 spiro atoms. The zero-order valence-corrected chi connectivity index (χ0v) is 12.2. The zero-order valence-electron chi connectivity index (χ0n) is 9.84. The maximum atomic E-state index is 13.7. The molecule has 0 bridgehead atoms. The van der Waals surface area contributed by atoms with Crippen LogP contribution in [0.3, 0.4) is 0 Å². The fourth-order valence-corrected chi connectivity index (χ4v) is 2.57. The van der Waals surface area contributed by atoms with Gasteiger partial charge in [-0.05, 0) is 42.3 Å². The van der Waals surface area contributed by atoms with E-state index in [1.165, 1.54) is 18.2 Å². The molecule has 100 valence electrons. The Bertz CT molecular complexity index is 584. The van der Waals surface area contributed by atoms with E-state index in [0.29, 0.717) is 27.0 Å². The predicted octanol–water partition coefficient (Wildman–Crippen LogP) is 4.62. The third-order valence-corrected chi connectivity index (χ3v) is 3.43. The molecule has 2 rings (SSSR count). The lowest BCUT2D eigenvalue weighted by atomic mass is 9.99. The van der Waals surface area contributed by atoms with Crippen molar-refractivity contribution in [3.8, 4) is 0 Å². The van der Waals surface area contributed by atoms with Gasteiger partial charge in [-0.25, -0.2) is 8.78 Å². The molecule has 1 atom stereocenters. The first-order chi connectivity index (χ1) is 8.95. The van der Waals surface area contributed by atoms with Crippen molar-refractivity contribution in [2.75, 3.05) is 0 Å². The number of halogens is 4. The summed E-state index contributed by atoms with van der Waals surface area (Å²) in [6, 6.07) is 8.31. The number of rotatable bonds is 3. The first-order valence-corrected chi connectivity index (χ1v) is 6.78. The smallest absolute Gasteiger partial charge is 0.129 e. The second-order valence-corrected chi connectivity index (χ2v) is 5.61. The summed E-state index contributed by atoms with van der Waals surface area (Å²) in [5.41, 5.74) is 7.03. The number of nitrogens with two attached hydrogens (primary N) is 1. The van der Waals surface area contributed by atoms with Crippen molar-refractivity contribution in [3.63, 3.8) is 0 Å². The lowest BCUT2D eigenvalue weighted by Crippen LogP contribution is -2.15. The molecule has 19 heavy (non-hydrogen) atoms. The molecule has 2 aromatic rings. The van der Waals surface area contributed by atoms with Gasteiger partial charge in [-0.3, -0.25) is 0 Å². The standard InChI is InChI=1S/C14H11BrClF2N/c15-9-3-8(4-11(17)6-9)5-14(19)12-2-1-10(16)7-13(12)18/h1-4,6-7,14H,5,19H2. The molecule has 0 saturated carbocycles. The van der Waals surface area contributed by atoms with Gasteiger partial charge in [0.1, 0.15) is 11.6 Å². The number of benzene rings is 2. The number of hydrogen-bond donors (Lipinski definition) is 1. The van der Waals surface area contributed by atoms with Gasteiger partial charge in [0.25, 0.3) is 0 Å². The van der Waals surface area contributed by atoms with Crippen molar-refractivity contribution in [2.24, 2.45) is 5.73 Å². The van der Waals surface area contributed by atoms with Gasteiger partial charge in [-0.15, -0.1) is 0 Å². The van der Waals surface area contributed by atoms with E-state index in [-0.39, 0.29) is 5.82 Å². The minimum Gasteiger partial charge on any atom is -0.324 e. The van der Waals surface area contributed by atoms with Crippen LogP contribution in [-0.4, -0.2) is 0 Å². The van der Waals surface area contributed by atoms with Crippen molar-refractivity contribution in [1.29, 1.82) is 0 Å². The minimum atomic E-state index is -0.550. The summed E-state index contributed by atoms with van der Waals surface area (Å²) < 4.78 is 27.6. The Labute approximate surface area is 123 Å². The topological polar surface area (TPSA) is 26.0 Å². The largest absolute Gasteiger partial charge is 0.324 e. The predicted molar refractivity (Wildman–Crippen MR) is 76.1 cm³/mol. The van der Waals surface area contributed by atoms with Gasteiger partial charge in [0, 0.05) is 21.1 Å². The highest BCUT2D eigenvalue weighted by Crippen LogP contribution is 2.24. The van der Waals surface area contributed by atoms with E-state index in [9.17, 15) is 8.78 Å². The van der Waals surface area contributed by atoms with Crippen LogP contribution in [0.15, 0.2) is 40.9 Å². The van der Waals surface area contributed by atoms with Crippen LogP contribution in [0.25, 0.3) is 0 Å². The molecule has 1 unspecified atom stereocenters. The first kappa shape index (κ1) is 14.4. The van der Waals surface area contributed by atoms with Crippen LogP contribution in [0.2, 0.25) is 5.02 Å². The Morgan fingerprint density at radius 2 is 1.89 bits per heavy atom. The average molecular weight is 347 g/mol. The Morgan fingerprint density at radius 3 is 2.53 bits per heavy atom. The van der Waals surface area contributed by atoms with E-state index >= 15 is 0 Å². The second-order valence-electron chi connectivity index (χ2n) is 4.25. The number of hydrogen-bond acceptors (Lipinski definition) is 1. The van der Waals surface area contributed by atoms with Crippen LogP contribution >= 0.6 is 27.5 Å². The molecule has 0 heterocycles. The van der Waals surface area contributed by atoms with Crippen LogP contribution in [0, 0.1) is 11.6 Å². The SMILES string of the molecule is NC(Cc1cc(F)cc(Br)c1)c1ccc(Cl)cc1F. The minimum absolute atomic E-state index is 0.321. The molecule has 0 radical (unpaired) electrons. The highest BCUT2D eigenvalue weighted by Gasteiger charge is 2.13. The quantitative estimate of drug-likeness (QED) is 0.862. The molecular weight excluding hydrogens is 336 g/mol. The Morgan fingerprint density at radius 1 is 1.16 bits per heavy atom. The van der Waals surface area contributed by atoms with Gasteiger partial charge in [0.15, 0.2) is 0 Å². The Kier molecular flexibility index (Phi) is 4.55. The van der Waals surface area contributed by atoms with E-state index in [2.05, 4.69) is 15.9 Å². The Balaban J connectivity index is 2.22. The van der Waals surface area contributed by atoms with Crippen molar-refractivity contribution < 1.29 is 8.78 Å². The summed E-state index contributed by atoms with van der Waals surface area (Å²) in [6.45, 7) is 0. The van der Waals surface area contributed by atoms with Crippen LogP contribution in [0.5, 0.6) is 0 Å². The molecule has 1 nitrogen and oxygen atoms in total. The fourth-order valence-electron chi connectivity index (χ4n) is 1.89. The summed E-state index contributed by atoms with van der Waals surface area (Å²) in [5, 5.41) is 0.321. The van der Waals surface area contributed by atoms with E-state index in [0.717, 1.165) is 0 Å². The molecule has 0 saturated heterocycles. The molecular formula is C14H11BrClF2N. The van der Waals surface area contributed by atoms with Crippen molar-refractivity contribution in [3.05, 3.63) is 68.7 Å². The van der Waals surface area contributed by atoms with Gasteiger partial charge in [-0.1, -0.05) is 33.6 Å². The average Bonchev–Trinajstić information content (AvgIpc) is 2.26. The molecule has 2 N–H and O–H groups in total. The van der Waals surface area contributed by atoms with Gasteiger partial charge in [-0.2, -0.15) is 0 Å². The van der Waals surface area contributed by atoms with E-state index < -0.39 is 11.9 Å². The first-order valence-electron chi connectivity index (χ1n) is 5.61. The molecule has 2 aromatic carbocycles. The van der Waals surface area contributed by atoms with Crippen molar-refractivity contribution >= 4 is 27.5 Å². The molecule has 5 heteroatoms. The van der Waals surface area contributed by atoms with E-state index in [1.54, 1.807) is 18.2 Å². The van der Waals surface area contributed by atoms with Gasteiger partial charge >= 0.3 is 0 Å². The van der Waals surface area contributed by atoms with Gasteiger partial charge < -0.3 is 5.73 Å². The van der Waals surface area contributed by atoms with Crippen molar-refractivity contribution in [2.45, 2.75) is 12.5 Å². The summed E-state index contributed by atoms with van der Waals surface area (Å²) in [6.07, 6.45) is 0.342. The van der Waals surface area contributed by atoms with Crippen LogP contribution < -0.4 is 5.73 Å². The summed E-state index contributed by atoms with van der Waals surface area (Å²) in [7, 11) is 0. The van der Waals surface area contributed by atoms with Gasteiger partial charge in [0.2, 0.25) is 0 Å². The lowest BCUT2D eigenvalue weighted by molar-refractivity contribution is 0.578. The molecule has 0 amide bonds. The van der Waals surface area contributed by atoms with Crippen molar-refractivity contribution in [1.82, 2.24) is 0 Å². The monoisotopic (exact) mass is 345 g/mol. The lowest BCUT2D eigenvalue weighted by Gasteiger charge is -2.13. The molecule has 0 aliphatic rings. The van der Waals surface area contributed by atoms with Crippen LogP contribution in [0.1, 0.15) is 17.2 Å². The zero-order chi connectivity index (χ0) is 14.0. The maximum absolute atomic E-state index is 13.7. The third-order valence-electron chi connectivity index (χ3n) is 2.74. The van der Waals surface area contributed by atoms with Crippen LogP contribution in [-0.2, 0) is 6.42 Å². The van der Waals surface area contributed by atoms with E-state index in [1.807, 2.05) is 0 Å². The maximum Gasteiger partial charge on any atom is 0.129 e. The molecule has 0 aliphatic heterocycles. The van der Waals surface area contributed by atoms with Crippen LogP contribution in [0.4, 0.5) is 8.78 Å². The Hall–Kier alpha value is -0.970. The third kappa shape index (κ3) is 3.75. The summed E-state index contributed by atoms with van der Waals surface area (Å²) >= 11 is 8.90. The highest BCUT2D eigenvalue weighted by atomic mass is 79.9. The fraction of sp³-hybridized carbons (Fsp3) is 0.143. The normalized spacial score (nSPS) is 12.5. The highest BCUT2D eigenvalue weighted by molar-refractivity contribution is 9.10. The molecule has 0 aliphatic carbocycles. The van der Waals surface area contributed by atoms with E-state index in [4.69, 9.17) is 17.3 Å². The second kappa shape index (κ2) is 5.99. The molecule has 0 aromatic heterocycles.